The topological polar surface area (TPSA) is 22.1 Å². The van der Waals surface area contributed by atoms with Gasteiger partial charge in [-0.1, -0.05) is 38.5 Å². The van der Waals surface area contributed by atoms with Crippen LogP contribution in [0.15, 0.2) is 41.2 Å². The lowest BCUT2D eigenvalue weighted by atomic mass is 9.97. The molecule has 0 radical (unpaired) electrons. The fourth-order valence-electron chi connectivity index (χ4n) is 2.08. The third-order valence-electron chi connectivity index (χ3n) is 3.01. The van der Waals surface area contributed by atoms with E-state index in [4.69, 9.17) is 4.74 Å². The molecule has 0 aliphatic heterocycles. The Morgan fingerprint density at radius 1 is 1.28 bits per heavy atom. The SMILES string of the molecule is CCCC(C)C(Oc1ccccc1)c1cscn1. The lowest BCUT2D eigenvalue weighted by Crippen LogP contribution is -2.17. The molecule has 2 rings (SSSR count). The van der Waals surface area contributed by atoms with Crippen molar-refractivity contribution in [2.75, 3.05) is 0 Å². The fourth-order valence-corrected chi connectivity index (χ4v) is 2.66. The second kappa shape index (κ2) is 6.55. The molecule has 2 atom stereocenters. The molecule has 0 spiro atoms. The summed E-state index contributed by atoms with van der Waals surface area (Å²) in [6, 6.07) is 9.99. The van der Waals surface area contributed by atoms with E-state index in [0.717, 1.165) is 17.9 Å². The van der Waals surface area contributed by atoms with Crippen LogP contribution in [0.3, 0.4) is 0 Å². The number of aromatic nitrogens is 1. The zero-order valence-corrected chi connectivity index (χ0v) is 11.7. The molecule has 96 valence electrons. The molecule has 0 N–H and O–H groups in total. The number of thiazole rings is 1. The molecular weight excluding hydrogens is 242 g/mol. The van der Waals surface area contributed by atoms with Crippen molar-refractivity contribution in [3.63, 3.8) is 0 Å². The first-order chi connectivity index (χ1) is 8.81. The van der Waals surface area contributed by atoms with E-state index in [-0.39, 0.29) is 6.10 Å². The van der Waals surface area contributed by atoms with Crippen LogP contribution in [-0.2, 0) is 0 Å². The molecule has 3 heteroatoms. The predicted molar refractivity (Wildman–Crippen MR) is 76.0 cm³/mol. The number of hydrogen-bond donors (Lipinski definition) is 0. The average Bonchev–Trinajstić information content (AvgIpc) is 2.91. The van der Waals surface area contributed by atoms with Gasteiger partial charge in [-0.25, -0.2) is 4.98 Å². The Kier molecular flexibility index (Phi) is 4.76. The highest BCUT2D eigenvalue weighted by molar-refractivity contribution is 7.07. The van der Waals surface area contributed by atoms with Crippen molar-refractivity contribution in [2.45, 2.75) is 32.8 Å². The Labute approximate surface area is 113 Å². The number of nitrogens with zero attached hydrogens (tertiary/aromatic N) is 1. The molecule has 1 aromatic heterocycles. The van der Waals surface area contributed by atoms with E-state index in [1.165, 1.54) is 6.42 Å². The van der Waals surface area contributed by atoms with E-state index in [2.05, 4.69) is 24.2 Å². The molecular formula is C15H19NOS. The van der Waals surface area contributed by atoms with Crippen LogP contribution >= 0.6 is 11.3 Å². The van der Waals surface area contributed by atoms with Crippen LogP contribution in [0.25, 0.3) is 0 Å². The average molecular weight is 261 g/mol. The smallest absolute Gasteiger partial charge is 0.144 e. The Balaban J connectivity index is 2.15. The summed E-state index contributed by atoms with van der Waals surface area (Å²) in [4.78, 5) is 4.41. The summed E-state index contributed by atoms with van der Waals surface area (Å²) < 4.78 is 6.12. The summed E-state index contributed by atoms with van der Waals surface area (Å²) in [6.45, 7) is 4.44. The summed E-state index contributed by atoms with van der Waals surface area (Å²) in [7, 11) is 0. The van der Waals surface area contributed by atoms with E-state index in [1.54, 1.807) is 11.3 Å². The zero-order valence-electron chi connectivity index (χ0n) is 10.9. The van der Waals surface area contributed by atoms with Gasteiger partial charge in [-0.3, -0.25) is 0 Å². The van der Waals surface area contributed by atoms with Gasteiger partial charge in [-0.15, -0.1) is 11.3 Å². The van der Waals surface area contributed by atoms with Crippen LogP contribution in [0, 0.1) is 5.92 Å². The number of para-hydroxylation sites is 1. The summed E-state index contributed by atoms with van der Waals surface area (Å²) in [6.07, 6.45) is 2.37. The normalized spacial score (nSPS) is 14.1. The maximum atomic E-state index is 6.12. The third kappa shape index (κ3) is 3.33. The van der Waals surface area contributed by atoms with Gasteiger partial charge in [-0.05, 0) is 24.5 Å². The van der Waals surface area contributed by atoms with Crippen LogP contribution in [0.2, 0.25) is 0 Å². The highest BCUT2D eigenvalue weighted by Crippen LogP contribution is 2.30. The van der Waals surface area contributed by atoms with Crippen molar-refractivity contribution < 1.29 is 4.74 Å². The summed E-state index contributed by atoms with van der Waals surface area (Å²) in [5.41, 5.74) is 2.92. The van der Waals surface area contributed by atoms with Crippen molar-refractivity contribution in [3.05, 3.63) is 46.9 Å². The zero-order chi connectivity index (χ0) is 12.8. The molecule has 0 saturated carbocycles. The van der Waals surface area contributed by atoms with Gasteiger partial charge in [0.25, 0.3) is 0 Å². The molecule has 0 fully saturated rings. The van der Waals surface area contributed by atoms with Gasteiger partial charge in [0, 0.05) is 5.38 Å². The quantitative estimate of drug-likeness (QED) is 0.752. The molecule has 2 nitrogen and oxygen atoms in total. The Morgan fingerprint density at radius 3 is 2.67 bits per heavy atom. The van der Waals surface area contributed by atoms with Gasteiger partial charge in [0.1, 0.15) is 11.9 Å². The molecule has 18 heavy (non-hydrogen) atoms. The van der Waals surface area contributed by atoms with E-state index in [1.807, 2.05) is 35.8 Å². The molecule has 2 aromatic rings. The van der Waals surface area contributed by atoms with Crippen molar-refractivity contribution in [2.24, 2.45) is 5.92 Å². The van der Waals surface area contributed by atoms with Crippen LogP contribution in [-0.4, -0.2) is 4.98 Å². The van der Waals surface area contributed by atoms with Gasteiger partial charge in [0.15, 0.2) is 0 Å². The fraction of sp³-hybridized carbons (Fsp3) is 0.400. The van der Waals surface area contributed by atoms with Crippen LogP contribution in [0.1, 0.15) is 38.5 Å². The van der Waals surface area contributed by atoms with Gasteiger partial charge in [0.05, 0.1) is 11.2 Å². The van der Waals surface area contributed by atoms with E-state index in [0.29, 0.717) is 5.92 Å². The first-order valence-electron chi connectivity index (χ1n) is 6.41. The monoisotopic (exact) mass is 261 g/mol. The second-order valence-electron chi connectivity index (χ2n) is 4.53. The highest BCUT2D eigenvalue weighted by atomic mass is 32.1. The lowest BCUT2D eigenvalue weighted by Gasteiger charge is -2.23. The predicted octanol–water partition coefficient (Wildman–Crippen LogP) is 4.70. The summed E-state index contributed by atoms with van der Waals surface area (Å²) in [5.74, 6) is 1.38. The number of rotatable bonds is 6. The maximum absolute atomic E-state index is 6.12. The van der Waals surface area contributed by atoms with Crippen molar-refractivity contribution in [1.82, 2.24) is 4.98 Å². The first-order valence-corrected chi connectivity index (χ1v) is 7.35. The molecule has 0 aliphatic rings. The van der Waals surface area contributed by atoms with E-state index in [9.17, 15) is 0 Å². The summed E-state index contributed by atoms with van der Waals surface area (Å²) >= 11 is 1.62. The molecule has 0 amide bonds. The number of benzene rings is 1. The standard InChI is InChI=1S/C15H19NOS/c1-3-7-12(2)15(14-10-18-11-16-14)17-13-8-5-4-6-9-13/h4-6,8-12,15H,3,7H2,1-2H3. The lowest BCUT2D eigenvalue weighted by molar-refractivity contribution is 0.134. The number of hydrogen-bond acceptors (Lipinski definition) is 3. The Bertz CT molecular complexity index is 441. The molecule has 0 aliphatic carbocycles. The molecule has 1 heterocycles. The number of ether oxygens (including phenoxy) is 1. The molecule has 0 saturated heterocycles. The molecule has 0 bridgehead atoms. The minimum Gasteiger partial charge on any atom is -0.484 e. The molecule has 1 aromatic carbocycles. The van der Waals surface area contributed by atoms with Gasteiger partial charge >= 0.3 is 0 Å². The maximum Gasteiger partial charge on any atom is 0.144 e. The minimum absolute atomic E-state index is 0.0543. The van der Waals surface area contributed by atoms with Gasteiger partial charge in [-0.2, -0.15) is 0 Å². The van der Waals surface area contributed by atoms with Crippen molar-refractivity contribution >= 4 is 11.3 Å². The van der Waals surface area contributed by atoms with Crippen LogP contribution in [0.4, 0.5) is 0 Å². The van der Waals surface area contributed by atoms with E-state index >= 15 is 0 Å². The third-order valence-corrected chi connectivity index (χ3v) is 3.61. The van der Waals surface area contributed by atoms with Crippen molar-refractivity contribution in [3.8, 4) is 5.75 Å². The van der Waals surface area contributed by atoms with Gasteiger partial charge in [0.2, 0.25) is 0 Å². The second-order valence-corrected chi connectivity index (χ2v) is 5.25. The minimum atomic E-state index is 0.0543. The summed E-state index contributed by atoms with van der Waals surface area (Å²) in [5, 5.41) is 2.08. The molecule has 2 unspecified atom stereocenters. The Morgan fingerprint density at radius 2 is 2.06 bits per heavy atom. The van der Waals surface area contributed by atoms with Crippen LogP contribution in [0.5, 0.6) is 5.75 Å². The van der Waals surface area contributed by atoms with E-state index < -0.39 is 0 Å². The van der Waals surface area contributed by atoms with Crippen molar-refractivity contribution in [1.29, 1.82) is 0 Å². The largest absolute Gasteiger partial charge is 0.484 e. The highest BCUT2D eigenvalue weighted by Gasteiger charge is 2.22. The Hall–Kier alpha value is -1.35. The first kappa shape index (κ1) is 13.1. The van der Waals surface area contributed by atoms with Crippen LogP contribution < -0.4 is 4.74 Å². The van der Waals surface area contributed by atoms with Gasteiger partial charge < -0.3 is 4.74 Å².